The standard InChI is InChI=1S/C21H21N5O5/c1-13-6-4-5-7-16(13)12-31-20-17(26(28)29)9-15(10-18(20)30-3)11-22-25-21-23-14(2)8-19(27)24-21/h4-11H,12H2,1-3H3,(H2,23,24,25,27)/b22-11-. The number of hydrogen-bond donors (Lipinski definition) is 2. The minimum Gasteiger partial charge on any atom is -0.493 e. The van der Waals surface area contributed by atoms with Gasteiger partial charge in [-0.1, -0.05) is 24.3 Å². The average Bonchev–Trinajstić information content (AvgIpc) is 2.72. The third-order valence-electron chi connectivity index (χ3n) is 4.36. The van der Waals surface area contributed by atoms with E-state index in [0.29, 0.717) is 11.3 Å². The molecule has 10 nitrogen and oxygen atoms in total. The number of anilines is 1. The second kappa shape index (κ2) is 9.53. The van der Waals surface area contributed by atoms with Crippen molar-refractivity contribution in [3.63, 3.8) is 0 Å². The fourth-order valence-corrected chi connectivity index (χ4v) is 2.84. The number of rotatable bonds is 8. The highest BCUT2D eigenvalue weighted by molar-refractivity contribution is 5.83. The van der Waals surface area contributed by atoms with Crippen molar-refractivity contribution in [2.45, 2.75) is 20.5 Å². The third kappa shape index (κ3) is 5.44. The zero-order chi connectivity index (χ0) is 22.4. The van der Waals surface area contributed by atoms with E-state index in [2.05, 4.69) is 20.5 Å². The summed E-state index contributed by atoms with van der Waals surface area (Å²) in [4.78, 5) is 29.2. The van der Waals surface area contributed by atoms with E-state index in [9.17, 15) is 14.9 Å². The second-order valence-electron chi connectivity index (χ2n) is 6.65. The van der Waals surface area contributed by atoms with Crippen LogP contribution in [0.1, 0.15) is 22.4 Å². The Bertz CT molecular complexity index is 1190. The number of ether oxygens (including phenoxy) is 2. The van der Waals surface area contributed by atoms with E-state index in [0.717, 1.165) is 11.1 Å². The Balaban J connectivity index is 1.85. The van der Waals surface area contributed by atoms with Gasteiger partial charge >= 0.3 is 5.69 Å². The number of nitro groups is 1. The molecule has 3 aromatic rings. The molecule has 0 amide bonds. The number of aromatic nitrogens is 2. The van der Waals surface area contributed by atoms with Crippen LogP contribution < -0.4 is 20.5 Å². The molecule has 0 atom stereocenters. The molecule has 0 bridgehead atoms. The van der Waals surface area contributed by atoms with E-state index in [1.807, 2.05) is 31.2 Å². The molecule has 0 aliphatic heterocycles. The molecule has 0 fully saturated rings. The fraction of sp³-hybridized carbons (Fsp3) is 0.190. The van der Waals surface area contributed by atoms with Gasteiger partial charge in [0.15, 0.2) is 5.75 Å². The van der Waals surface area contributed by atoms with E-state index in [1.54, 1.807) is 13.0 Å². The molecule has 3 rings (SSSR count). The highest BCUT2D eigenvalue weighted by atomic mass is 16.6. The molecule has 31 heavy (non-hydrogen) atoms. The third-order valence-corrected chi connectivity index (χ3v) is 4.36. The molecule has 2 N–H and O–H groups in total. The van der Waals surface area contributed by atoms with Crippen molar-refractivity contribution < 1.29 is 14.4 Å². The van der Waals surface area contributed by atoms with Crippen LogP contribution in [0.5, 0.6) is 11.5 Å². The van der Waals surface area contributed by atoms with Gasteiger partial charge in [0.1, 0.15) is 6.61 Å². The molecule has 160 valence electrons. The van der Waals surface area contributed by atoms with Crippen molar-refractivity contribution >= 4 is 17.9 Å². The first kappa shape index (κ1) is 21.5. The number of aromatic amines is 1. The summed E-state index contributed by atoms with van der Waals surface area (Å²) in [6.45, 7) is 3.77. The molecule has 0 saturated heterocycles. The van der Waals surface area contributed by atoms with Crippen molar-refractivity contribution in [1.82, 2.24) is 9.97 Å². The van der Waals surface area contributed by atoms with Crippen LogP contribution in [0.2, 0.25) is 0 Å². The minimum atomic E-state index is -0.542. The number of hydrazone groups is 1. The maximum atomic E-state index is 11.7. The second-order valence-corrected chi connectivity index (χ2v) is 6.65. The van der Waals surface area contributed by atoms with Gasteiger partial charge in [-0.25, -0.2) is 10.4 Å². The number of nitrogens with zero attached hydrogens (tertiary/aromatic N) is 3. The number of nitro benzene ring substituents is 1. The van der Waals surface area contributed by atoms with E-state index >= 15 is 0 Å². The summed E-state index contributed by atoms with van der Waals surface area (Å²) in [6, 6.07) is 11.9. The molecule has 0 aliphatic rings. The Hall–Kier alpha value is -4.21. The Labute approximate surface area is 177 Å². The van der Waals surface area contributed by atoms with Gasteiger partial charge in [-0.2, -0.15) is 5.10 Å². The molecule has 0 radical (unpaired) electrons. The summed E-state index contributed by atoms with van der Waals surface area (Å²) in [5.41, 5.74) is 4.86. The minimum absolute atomic E-state index is 0.0329. The maximum absolute atomic E-state index is 11.7. The number of aryl methyl sites for hydroxylation is 2. The zero-order valence-corrected chi connectivity index (χ0v) is 17.2. The van der Waals surface area contributed by atoms with Gasteiger partial charge in [0.05, 0.1) is 18.2 Å². The highest BCUT2D eigenvalue weighted by Crippen LogP contribution is 2.38. The number of hydrogen-bond acceptors (Lipinski definition) is 8. The SMILES string of the molecule is COc1cc(/C=N\Nc2nc(C)cc(=O)[nH]2)cc([N+](=O)[O-])c1OCc1ccccc1C. The van der Waals surface area contributed by atoms with Gasteiger partial charge in [-0.15, -0.1) is 0 Å². The molecule has 0 aliphatic carbocycles. The van der Waals surface area contributed by atoms with Crippen LogP contribution in [0.4, 0.5) is 11.6 Å². The zero-order valence-electron chi connectivity index (χ0n) is 17.2. The van der Waals surface area contributed by atoms with Crippen molar-refractivity contribution in [3.05, 3.63) is 85.3 Å². The molecular weight excluding hydrogens is 402 g/mol. The predicted molar refractivity (Wildman–Crippen MR) is 116 cm³/mol. The molecule has 2 aromatic carbocycles. The van der Waals surface area contributed by atoms with E-state index in [1.165, 1.54) is 25.5 Å². The van der Waals surface area contributed by atoms with Crippen molar-refractivity contribution in [2.24, 2.45) is 5.10 Å². The fourth-order valence-electron chi connectivity index (χ4n) is 2.84. The monoisotopic (exact) mass is 423 g/mol. The lowest BCUT2D eigenvalue weighted by molar-refractivity contribution is -0.386. The smallest absolute Gasteiger partial charge is 0.315 e. The van der Waals surface area contributed by atoms with Crippen LogP contribution in [0.3, 0.4) is 0 Å². The first-order chi connectivity index (χ1) is 14.9. The van der Waals surface area contributed by atoms with Crippen LogP contribution in [0.15, 0.2) is 52.4 Å². The quantitative estimate of drug-likeness (QED) is 0.323. The normalized spacial score (nSPS) is 10.8. The highest BCUT2D eigenvalue weighted by Gasteiger charge is 2.22. The summed E-state index contributed by atoms with van der Waals surface area (Å²) < 4.78 is 11.1. The van der Waals surface area contributed by atoms with E-state index in [-0.39, 0.29) is 35.3 Å². The van der Waals surface area contributed by atoms with Crippen LogP contribution >= 0.6 is 0 Å². The van der Waals surface area contributed by atoms with Crippen LogP contribution in [-0.2, 0) is 6.61 Å². The van der Waals surface area contributed by atoms with E-state index in [4.69, 9.17) is 9.47 Å². The van der Waals surface area contributed by atoms with Gasteiger partial charge < -0.3 is 9.47 Å². The lowest BCUT2D eigenvalue weighted by atomic mass is 10.1. The Morgan fingerprint density at radius 1 is 1.26 bits per heavy atom. The molecule has 0 saturated carbocycles. The predicted octanol–water partition coefficient (Wildman–Crippen LogP) is 3.33. The number of benzene rings is 2. The Kier molecular flexibility index (Phi) is 6.61. The van der Waals surface area contributed by atoms with Crippen LogP contribution in [0.25, 0.3) is 0 Å². The van der Waals surface area contributed by atoms with Crippen molar-refractivity contribution in [2.75, 3.05) is 12.5 Å². The maximum Gasteiger partial charge on any atom is 0.315 e. The first-order valence-corrected chi connectivity index (χ1v) is 9.28. The summed E-state index contributed by atoms with van der Waals surface area (Å²) >= 11 is 0. The lowest BCUT2D eigenvalue weighted by Gasteiger charge is -2.13. The van der Waals surface area contributed by atoms with Crippen LogP contribution in [0, 0.1) is 24.0 Å². The summed E-state index contributed by atoms with van der Waals surface area (Å²) in [6.07, 6.45) is 1.35. The largest absolute Gasteiger partial charge is 0.493 e. The topological polar surface area (TPSA) is 132 Å². The van der Waals surface area contributed by atoms with Gasteiger partial charge in [-0.05, 0) is 31.0 Å². The number of nitrogens with one attached hydrogen (secondary N) is 2. The Morgan fingerprint density at radius 3 is 2.71 bits per heavy atom. The van der Waals surface area contributed by atoms with Crippen molar-refractivity contribution in [1.29, 1.82) is 0 Å². The van der Waals surface area contributed by atoms with Gasteiger partial charge in [0.2, 0.25) is 11.7 Å². The van der Waals surface area contributed by atoms with Gasteiger partial charge in [0.25, 0.3) is 5.56 Å². The van der Waals surface area contributed by atoms with Gasteiger partial charge in [0, 0.05) is 23.4 Å². The number of methoxy groups -OCH3 is 1. The van der Waals surface area contributed by atoms with Crippen molar-refractivity contribution in [3.8, 4) is 11.5 Å². The lowest BCUT2D eigenvalue weighted by Crippen LogP contribution is -2.10. The molecular formula is C21H21N5O5. The van der Waals surface area contributed by atoms with Gasteiger partial charge in [-0.3, -0.25) is 19.9 Å². The summed E-state index contributed by atoms with van der Waals surface area (Å²) in [5.74, 6) is 0.387. The summed E-state index contributed by atoms with van der Waals surface area (Å²) in [5, 5.41) is 15.6. The molecule has 1 aromatic heterocycles. The molecule has 0 spiro atoms. The molecule has 0 unspecified atom stereocenters. The average molecular weight is 423 g/mol. The molecule has 10 heteroatoms. The van der Waals surface area contributed by atoms with Crippen LogP contribution in [-0.4, -0.2) is 28.2 Å². The number of H-pyrrole nitrogens is 1. The first-order valence-electron chi connectivity index (χ1n) is 9.28. The molecule has 1 heterocycles. The Morgan fingerprint density at radius 2 is 2.03 bits per heavy atom. The van der Waals surface area contributed by atoms with E-state index < -0.39 is 4.92 Å². The summed E-state index contributed by atoms with van der Waals surface area (Å²) in [7, 11) is 1.40.